The fourth-order valence-electron chi connectivity index (χ4n) is 2.19. The van der Waals surface area contributed by atoms with Gasteiger partial charge in [0.1, 0.15) is 18.4 Å². The molecule has 0 aromatic carbocycles. The van der Waals surface area contributed by atoms with Crippen molar-refractivity contribution < 1.29 is 42.9 Å². The van der Waals surface area contributed by atoms with Crippen LogP contribution in [0.2, 0.25) is 0 Å². The number of nitrogens with zero attached hydrogens (tertiary/aromatic N) is 3. The maximum Gasteiger partial charge on any atom is 0.416 e. The van der Waals surface area contributed by atoms with E-state index in [0.29, 0.717) is 19.6 Å². The number of aromatic nitrogens is 2. The number of halogens is 1. The summed E-state index contributed by atoms with van der Waals surface area (Å²) in [6.07, 6.45) is 6.67. The summed E-state index contributed by atoms with van der Waals surface area (Å²) in [5.74, 6) is -0.306. The van der Waals surface area contributed by atoms with Gasteiger partial charge in [0.25, 0.3) is 6.33 Å². The molecule has 2 rings (SSSR count). The third kappa shape index (κ3) is 3.46. The molecule has 1 unspecified atom stereocenters. The fraction of sp³-hybridized carbons (Fsp3) is 0.583. The molecule has 1 aromatic heterocycles. The fourth-order valence-corrected chi connectivity index (χ4v) is 2.19. The van der Waals surface area contributed by atoms with Crippen LogP contribution in [0.15, 0.2) is 18.7 Å². The number of carbonyl (C=O) groups excluding carboxylic acids is 2. The molecule has 106 valence electrons. The van der Waals surface area contributed by atoms with Gasteiger partial charge in [-0.2, -0.15) is 4.57 Å². The molecule has 1 aliphatic heterocycles. The Hall–Kier alpha value is -1.12. The van der Waals surface area contributed by atoms with E-state index in [9.17, 15) is 9.59 Å². The zero-order valence-electron chi connectivity index (χ0n) is 11.1. The van der Waals surface area contributed by atoms with Crippen molar-refractivity contribution in [3.8, 4) is 0 Å². The van der Waals surface area contributed by atoms with Crippen LogP contribution in [0, 0.1) is 0 Å². The predicted octanol–water partition coefficient (Wildman–Crippen LogP) is -2.69. The normalized spacial score (nSPS) is 18.0. The van der Waals surface area contributed by atoms with Crippen molar-refractivity contribution in [2.75, 3.05) is 13.2 Å². The number of ether oxygens (including phenoxy) is 1. The molecule has 1 fully saturated rings. The van der Waals surface area contributed by atoms with Crippen molar-refractivity contribution in [2.24, 2.45) is 7.05 Å². The van der Waals surface area contributed by atoms with Gasteiger partial charge in [-0.25, -0.2) is 14.2 Å². The zero-order chi connectivity index (χ0) is 13.1. The average Bonchev–Trinajstić information content (AvgIpc) is 2.96. The van der Waals surface area contributed by atoms with Crippen molar-refractivity contribution in [2.45, 2.75) is 25.8 Å². The van der Waals surface area contributed by atoms with Crippen molar-refractivity contribution in [1.82, 2.24) is 9.47 Å². The second-order valence-corrected chi connectivity index (χ2v) is 4.37. The standard InChI is InChI=1S/C12H18N3O3.HI/c1-3-18-11(16)10-5-4-6-15(10)12(17)14-8-7-13(2)9-14;/h7-10H,3-6H2,1-2H3;1H/q+1;/p-1. The van der Waals surface area contributed by atoms with E-state index < -0.39 is 6.04 Å². The van der Waals surface area contributed by atoms with E-state index in [1.165, 1.54) is 4.57 Å². The molecule has 2 heterocycles. The molecule has 0 radical (unpaired) electrons. The Bertz CT molecular complexity index is 461. The first kappa shape index (κ1) is 15.9. The topological polar surface area (TPSA) is 55.4 Å². The van der Waals surface area contributed by atoms with Crippen LogP contribution in [0.5, 0.6) is 0 Å². The summed E-state index contributed by atoms with van der Waals surface area (Å²) in [7, 11) is 1.84. The quantitative estimate of drug-likeness (QED) is 0.320. The van der Waals surface area contributed by atoms with Gasteiger partial charge in [0.15, 0.2) is 0 Å². The Balaban J connectivity index is 0.00000180. The lowest BCUT2D eigenvalue weighted by atomic mass is 10.2. The third-order valence-corrected chi connectivity index (χ3v) is 3.05. The Morgan fingerprint density at radius 1 is 1.47 bits per heavy atom. The summed E-state index contributed by atoms with van der Waals surface area (Å²) in [5.41, 5.74) is 0. The Morgan fingerprint density at radius 3 is 2.79 bits per heavy atom. The lowest BCUT2D eigenvalue weighted by molar-refractivity contribution is -0.670. The van der Waals surface area contributed by atoms with Gasteiger partial charge >= 0.3 is 12.0 Å². The number of aryl methyl sites for hydroxylation is 1. The van der Waals surface area contributed by atoms with Crippen molar-refractivity contribution >= 4 is 12.0 Å². The number of carbonyl (C=O) groups is 2. The van der Waals surface area contributed by atoms with E-state index in [-0.39, 0.29) is 36.0 Å². The van der Waals surface area contributed by atoms with Crippen LogP contribution in [-0.4, -0.2) is 40.7 Å². The summed E-state index contributed by atoms with van der Waals surface area (Å²) in [6, 6.07) is -0.615. The second-order valence-electron chi connectivity index (χ2n) is 4.37. The summed E-state index contributed by atoms with van der Waals surface area (Å²) in [5, 5.41) is 0. The van der Waals surface area contributed by atoms with E-state index in [1.807, 2.05) is 7.05 Å². The minimum absolute atomic E-state index is 0. The molecule has 0 N–H and O–H groups in total. The second kappa shape index (κ2) is 6.88. The van der Waals surface area contributed by atoms with Gasteiger partial charge in [0, 0.05) is 6.54 Å². The van der Waals surface area contributed by atoms with Gasteiger partial charge < -0.3 is 28.7 Å². The third-order valence-electron chi connectivity index (χ3n) is 3.05. The molecule has 1 aromatic rings. The highest BCUT2D eigenvalue weighted by molar-refractivity contribution is 5.85. The van der Waals surface area contributed by atoms with E-state index in [2.05, 4.69) is 0 Å². The lowest BCUT2D eigenvalue weighted by Crippen LogP contribution is -3.00. The number of esters is 1. The first-order valence-electron chi connectivity index (χ1n) is 6.14. The lowest BCUT2D eigenvalue weighted by Gasteiger charge is -2.20. The van der Waals surface area contributed by atoms with Crippen LogP contribution in [0.25, 0.3) is 0 Å². The Morgan fingerprint density at radius 2 is 2.21 bits per heavy atom. The molecule has 0 bridgehead atoms. The van der Waals surface area contributed by atoms with E-state index in [0.717, 1.165) is 6.42 Å². The van der Waals surface area contributed by atoms with E-state index in [4.69, 9.17) is 4.74 Å². The highest BCUT2D eigenvalue weighted by Crippen LogP contribution is 2.19. The molecule has 6 nitrogen and oxygen atoms in total. The van der Waals surface area contributed by atoms with Gasteiger partial charge in [0.05, 0.1) is 13.7 Å². The van der Waals surface area contributed by atoms with Gasteiger partial charge in [-0.05, 0) is 19.8 Å². The minimum atomic E-state index is -0.440. The van der Waals surface area contributed by atoms with Crippen LogP contribution in [-0.2, 0) is 16.6 Å². The molecule has 0 saturated carbocycles. The summed E-state index contributed by atoms with van der Waals surface area (Å²) in [6.45, 7) is 2.71. The van der Waals surface area contributed by atoms with E-state index >= 15 is 0 Å². The number of amides is 1. The molecule has 1 saturated heterocycles. The van der Waals surface area contributed by atoms with Crippen LogP contribution in [0.1, 0.15) is 19.8 Å². The predicted molar refractivity (Wildman–Crippen MR) is 62.8 cm³/mol. The molecule has 7 heteroatoms. The SMILES string of the molecule is CCOC(=O)C1CCCN1C(=O)n1cc[n+](C)c1.[I-]. The van der Waals surface area contributed by atoms with E-state index in [1.54, 1.807) is 35.1 Å². The van der Waals surface area contributed by atoms with Crippen molar-refractivity contribution in [1.29, 1.82) is 0 Å². The van der Waals surface area contributed by atoms with Gasteiger partial charge in [0.2, 0.25) is 0 Å². The van der Waals surface area contributed by atoms with Crippen LogP contribution in [0.3, 0.4) is 0 Å². The number of hydrogen-bond acceptors (Lipinski definition) is 3. The van der Waals surface area contributed by atoms with Crippen LogP contribution in [0.4, 0.5) is 4.79 Å². The molecule has 1 amide bonds. The molecule has 1 atom stereocenters. The highest BCUT2D eigenvalue weighted by atomic mass is 127. The number of rotatable bonds is 2. The maximum absolute atomic E-state index is 12.2. The van der Waals surface area contributed by atoms with Crippen LogP contribution >= 0.6 is 0 Å². The van der Waals surface area contributed by atoms with Gasteiger partial charge in [-0.15, -0.1) is 0 Å². The largest absolute Gasteiger partial charge is 1.00 e. The molecular formula is C12H18IN3O3. The number of imidazole rings is 1. The summed E-state index contributed by atoms with van der Waals surface area (Å²) >= 11 is 0. The zero-order valence-corrected chi connectivity index (χ0v) is 13.2. The van der Waals surface area contributed by atoms with Crippen molar-refractivity contribution in [3.63, 3.8) is 0 Å². The number of hydrogen-bond donors (Lipinski definition) is 0. The minimum Gasteiger partial charge on any atom is -1.00 e. The average molecular weight is 379 g/mol. The van der Waals surface area contributed by atoms with Crippen LogP contribution < -0.4 is 28.5 Å². The Kier molecular flexibility index (Phi) is 5.77. The smallest absolute Gasteiger partial charge is 0.416 e. The molecule has 19 heavy (non-hydrogen) atoms. The maximum atomic E-state index is 12.2. The van der Waals surface area contributed by atoms with Gasteiger partial charge in [-0.3, -0.25) is 4.90 Å². The number of likely N-dealkylation sites (tertiary alicyclic amines) is 1. The summed E-state index contributed by atoms with van der Waals surface area (Å²) < 4.78 is 8.27. The van der Waals surface area contributed by atoms with Gasteiger partial charge in [-0.1, -0.05) is 0 Å². The molecule has 1 aliphatic rings. The molecule has 0 aliphatic carbocycles. The monoisotopic (exact) mass is 379 g/mol. The van der Waals surface area contributed by atoms with Crippen molar-refractivity contribution in [3.05, 3.63) is 18.7 Å². The summed E-state index contributed by atoms with van der Waals surface area (Å²) in [4.78, 5) is 25.6. The highest BCUT2D eigenvalue weighted by Gasteiger charge is 2.37. The molecule has 0 spiro atoms. The first-order valence-corrected chi connectivity index (χ1v) is 6.14. The first-order chi connectivity index (χ1) is 8.63. The Labute approximate surface area is 129 Å². The molecular weight excluding hydrogens is 361 g/mol.